The summed E-state index contributed by atoms with van der Waals surface area (Å²) in [7, 11) is 0. The minimum absolute atomic E-state index is 0.00478. The molecule has 0 saturated carbocycles. The van der Waals surface area contributed by atoms with Gasteiger partial charge in [-0.15, -0.1) is 0 Å². The van der Waals surface area contributed by atoms with Crippen LogP contribution in [0.25, 0.3) is 0 Å². The van der Waals surface area contributed by atoms with Crippen molar-refractivity contribution in [2.45, 2.75) is 114 Å². The monoisotopic (exact) mass is 404 g/mol. The van der Waals surface area contributed by atoms with E-state index in [9.17, 15) is 4.79 Å². The van der Waals surface area contributed by atoms with Crippen LogP contribution < -0.4 is 4.74 Å². The summed E-state index contributed by atoms with van der Waals surface area (Å²) in [6, 6.07) is 6.31. The molecule has 0 spiro atoms. The van der Waals surface area contributed by atoms with Gasteiger partial charge in [0.15, 0.2) is 0 Å². The number of hydrogen-bond donors (Lipinski definition) is 0. The first-order chi connectivity index (χ1) is 12.9. The van der Waals surface area contributed by atoms with E-state index in [1.54, 1.807) is 0 Å². The predicted octanol–water partition coefficient (Wildman–Crippen LogP) is 8.31. The molecule has 1 unspecified atom stereocenters. The van der Waals surface area contributed by atoms with E-state index in [2.05, 4.69) is 82.2 Å². The fourth-order valence-corrected chi connectivity index (χ4v) is 3.36. The summed E-state index contributed by atoms with van der Waals surface area (Å²) in [6.07, 6.45) is 0.793. The Morgan fingerprint density at radius 1 is 0.793 bits per heavy atom. The number of rotatable bonds is 4. The van der Waals surface area contributed by atoms with Crippen molar-refractivity contribution in [3.63, 3.8) is 0 Å². The van der Waals surface area contributed by atoms with Crippen molar-refractivity contribution >= 4 is 5.97 Å². The van der Waals surface area contributed by atoms with E-state index in [0.29, 0.717) is 5.75 Å². The van der Waals surface area contributed by atoms with Crippen LogP contribution in [-0.4, -0.2) is 5.97 Å². The molecule has 29 heavy (non-hydrogen) atoms. The number of ether oxygens (including phenoxy) is 1. The second kappa shape index (κ2) is 9.67. The van der Waals surface area contributed by atoms with E-state index >= 15 is 0 Å². The maximum Gasteiger partial charge on any atom is 0.317 e. The molecule has 2 nitrogen and oxygen atoms in total. The molecule has 0 heterocycles. The van der Waals surface area contributed by atoms with Crippen LogP contribution in [-0.2, 0) is 15.6 Å². The van der Waals surface area contributed by atoms with Crippen molar-refractivity contribution in [2.75, 3.05) is 0 Å². The van der Waals surface area contributed by atoms with E-state index in [1.165, 1.54) is 11.1 Å². The Kier molecular flexibility index (Phi) is 9.23. The smallest absolute Gasteiger partial charge is 0.317 e. The minimum Gasteiger partial charge on any atom is -0.426 e. The van der Waals surface area contributed by atoms with E-state index < -0.39 is 5.41 Å². The van der Waals surface area contributed by atoms with Crippen molar-refractivity contribution in [3.05, 3.63) is 29.3 Å². The summed E-state index contributed by atoms with van der Waals surface area (Å²) in [5.74, 6) is 0.744. The first-order valence-electron chi connectivity index (χ1n) is 11.2. The highest BCUT2D eigenvalue weighted by molar-refractivity contribution is 5.79. The molecule has 0 amide bonds. The highest BCUT2D eigenvalue weighted by atomic mass is 16.5. The van der Waals surface area contributed by atoms with Gasteiger partial charge in [-0.25, -0.2) is 0 Å². The van der Waals surface area contributed by atoms with Gasteiger partial charge in [0.2, 0.25) is 0 Å². The normalized spacial score (nSPS) is 14.7. The molecule has 0 N–H and O–H groups in total. The van der Waals surface area contributed by atoms with E-state index in [-0.39, 0.29) is 28.1 Å². The molecule has 0 aliphatic rings. The lowest BCUT2D eigenvalue weighted by molar-refractivity contribution is -0.149. The number of hydrogen-bond acceptors (Lipinski definition) is 2. The summed E-state index contributed by atoms with van der Waals surface area (Å²) in [4.78, 5) is 13.3. The van der Waals surface area contributed by atoms with E-state index in [4.69, 9.17) is 4.74 Å². The topological polar surface area (TPSA) is 26.3 Å². The van der Waals surface area contributed by atoms with E-state index in [0.717, 1.165) is 6.42 Å². The SMILES string of the molecule is CC.CC(C)C(C)(CC(C)(C)C)C(=O)Oc1cc(C(C)(C)C)cc(C(C)(C)C)c1. The van der Waals surface area contributed by atoms with Crippen LogP contribution in [0.2, 0.25) is 0 Å². The minimum atomic E-state index is -0.516. The molecule has 1 atom stereocenters. The third-order valence-electron chi connectivity index (χ3n) is 5.49. The van der Waals surface area contributed by atoms with Crippen molar-refractivity contribution in [1.82, 2.24) is 0 Å². The van der Waals surface area contributed by atoms with Crippen LogP contribution in [0.1, 0.15) is 114 Å². The third kappa shape index (κ3) is 8.15. The fraction of sp³-hybridized carbons (Fsp3) is 0.741. The van der Waals surface area contributed by atoms with Crippen LogP contribution in [0.3, 0.4) is 0 Å². The van der Waals surface area contributed by atoms with Crippen molar-refractivity contribution < 1.29 is 9.53 Å². The highest BCUT2D eigenvalue weighted by Gasteiger charge is 2.41. The van der Waals surface area contributed by atoms with Gasteiger partial charge in [-0.2, -0.15) is 0 Å². The van der Waals surface area contributed by atoms with Gasteiger partial charge in [-0.1, -0.05) is 96.1 Å². The molecule has 1 aromatic carbocycles. The summed E-state index contributed by atoms with van der Waals surface area (Å²) >= 11 is 0. The molecule has 1 aromatic rings. The van der Waals surface area contributed by atoms with Gasteiger partial charge in [0.1, 0.15) is 5.75 Å². The zero-order valence-electron chi connectivity index (χ0n) is 21.8. The Labute approximate surface area is 181 Å². The van der Waals surface area contributed by atoms with Crippen LogP contribution >= 0.6 is 0 Å². The summed E-state index contributed by atoms with van der Waals surface area (Å²) < 4.78 is 6.02. The number of carbonyl (C=O) groups excluding carboxylic acids is 1. The van der Waals surface area contributed by atoms with Gasteiger partial charge in [0.05, 0.1) is 5.41 Å². The Bertz CT molecular complexity index is 631. The number of esters is 1. The third-order valence-corrected chi connectivity index (χ3v) is 5.49. The molecule has 168 valence electrons. The molecule has 2 heteroatoms. The molecule has 0 saturated heterocycles. The zero-order valence-corrected chi connectivity index (χ0v) is 21.8. The molecule has 0 aliphatic heterocycles. The average molecular weight is 405 g/mol. The van der Waals surface area contributed by atoms with Gasteiger partial charge < -0.3 is 4.74 Å². The van der Waals surface area contributed by atoms with Crippen molar-refractivity contribution in [3.8, 4) is 5.75 Å². The van der Waals surface area contributed by atoms with Crippen LogP contribution in [0.4, 0.5) is 0 Å². The zero-order chi connectivity index (χ0) is 23.4. The van der Waals surface area contributed by atoms with Crippen LogP contribution in [0.5, 0.6) is 5.75 Å². The first kappa shape index (κ1) is 27.7. The number of benzene rings is 1. The largest absolute Gasteiger partial charge is 0.426 e. The average Bonchev–Trinajstić information content (AvgIpc) is 2.53. The quantitative estimate of drug-likeness (QED) is 0.372. The summed E-state index contributed by atoms with van der Waals surface area (Å²) in [5.41, 5.74) is 1.92. The lowest BCUT2D eigenvalue weighted by Gasteiger charge is -2.37. The van der Waals surface area contributed by atoms with Gasteiger partial charge in [-0.05, 0) is 58.8 Å². The molecule has 0 aromatic heterocycles. The molecule has 1 rings (SSSR count). The van der Waals surface area contributed by atoms with Gasteiger partial charge in [0.25, 0.3) is 0 Å². The second-order valence-electron chi connectivity index (χ2n) is 11.9. The molecular formula is C27H48O2. The second-order valence-corrected chi connectivity index (χ2v) is 11.9. The fourth-order valence-electron chi connectivity index (χ4n) is 3.36. The van der Waals surface area contributed by atoms with Gasteiger partial charge >= 0.3 is 5.97 Å². The number of carbonyl (C=O) groups is 1. The Balaban J connectivity index is 0.00000379. The Morgan fingerprint density at radius 2 is 1.17 bits per heavy atom. The summed E-state index contributed by atoms with van der Waals surface area (Å²) in [5, 5.41) is 0. The highest BCUT2D eigenvalue weighted by Crippen LogP contribution is 2.41. The standard InChI is InChI=1S/C25H42O2.C2H6/c1-17(2)25(12,16-22(3,4)5)21(26)27-20-14-18(23(6,7)8)13-19(15-20)24(9,10)11;1-2/h13-15,17H,16H2,1-12H3;1-2H3. The van der Waals surface area contributed by atoms with Gasteiger partial charge in [0, 0.05) is 0 Å². The molecule has 0 bridgehead atoms. The van der Waals surface area contributed by atoms with Gasteiger partial charge in [-0.3, -0.25) is 4.79 Å². The maximum atomic E-state index is 13.3. The van der Waals surface area contributed by atoms with Crippen molar-refractivity contribution in [1.29, 1.82) is 0 Å². The van der Waals surface area contributed by atoms with Crippen molar-refractivity contribution in [2.24, 2.45) is 16.7 Å². The lowest BCUT2D eigenvalue weighted by atomic mass is 9.69. The Hall–Kier alpha value is -1.31. The molecule has 0 aliphatic carbocycles. The summed E-state index contributed by atoms with van der Waals surface area (Å²) in [6.45, 7) is 30.0. The predicted molar refractivity (Wildman–Crippen MR) is 128 cm³/mol. The van der Waals surface area contributed by atoms with Crippen LogP contribution in [0, 0.1) is 16.7 Å². The lowest BCUT2D eigenvalue weighted by Crippen LogP contribution is -2.40. The molecule has 0 radical (unpaired) electrons. The van der Waals surface area contributed by atoms with E-state index in [1.807, 2.05) is 32.9 Å². The maximum absolute atomic E-state index is 13.3. The Morgan fingerprint density at radius 3 is 1.45 bits per heavy atom. The first-order valence-corrected chi connectivity index (χ1v) is 11.2. The molecule has 0 fully saturated rings. The molecular weight excluding hydrogens is 356 g/mol. The van der Waals surface area contributed by atoms with Crippen LogP contribution in [0.15, 0.2) is 18.2 Å².